The predicted octanol–water partition coefficient (Wildman–Crippen LogP) is 2.40. The van der Waals surface area contributed by atoms with Gasteiger partial charge in [-0.15, -0.1) is 0 Å². The Balaban J connectivity index is 2.38. The minimum absolute atomic E-state index is 0.192. The summed E-state index contributed by atoms with van der Waals surface area (Å²) in [5, 5.41) is 9.90. The molecule has 0 N–H and O–H groups in total. The van der Waals surface area contributed by atoms with Crippen molar-refractivity contribution in [1.82, 2.24) is 9.55 Å². The van der Waals surface area contributed by atoms with Gasteiger partial charge in [-0.2, -0.15) is 5.26 Å². The van der Waals surface area contributed by atoms with Crippen molar-refractivity contribution in [1.29, 1.82) is 5.26 Å². The molecule has 0 spiro atoms. The number of fused-ring (bicyclic) bond motifs is 1. The van der Waals surface area contributed by atoms with Crippen molar-refractivity contribution in [2.24, 2.45) is 0 Å². The maximum absolute atomic E-state index is 12.7. The third-order valence-corrected chi connectivity index (χ3v) is 3.37. The van der Waals surface area contributed by atoms with Crippen LogP contribution in [-0.4, -0.2) is 16.7 Å². The van der Waals surface area contributed by atoms with Gasteiger partial charge >= 0.3 is 0 Å². The molecule has 5 heteroatoms. The van der Waals surface area contributed by atoms with Gasteiger partial charge in [0, 0.05) is 24.3 Å². The largest absolute Gasteiger partial charge is 0.380 e. The van der Waals surface area contributed by atoms with E-state index in [4.69, 9.17) is 10.00 Å². The smallest absolute Gasteiger partial charge is 0.262 e. The van der Waals surface area contributed by atoms with Crippen molar-refractivity contribution in [3.05, 3.63) is 70.1 Å². The number of hydrogen-bond donors (Lipinski definition) is 0. The van der Waals surface area contributed by atoms with Crippen molar-refractivity contribution >= 4 is 11.0 Å². The SMILES string of the molecule is COCc1cc2cccnc2n(-c2cccc(C#N)c2)c1=O. The molecule has 0 amide bonds. The van der Waals surface area contributed by atoms with Crippen molar-refractivity contribution in [2.45, 2.75) is 6.61 Å². The van der Waals surface area contributed by atoms with Crippen LogP contribution in [0.3, 0.4) is 0 Å². The highest BCUT2D eigenvalue weighted by atomic mass is 16.5. The molecule has 0 aliphatic carbocycles. The topological polar surface area (TPSA) is 67.9 Å². The first-order chi connectivity index (χ1) is 10.7. The molecule has 0 atom stereocenters. The second-order valence-corrected chi connectivity index (χ2v) is 4.82. The van der Waals surface area contributed by atoms with Crippen LogP contribution in [0, 0.1) is 11.3 Å². The Bertz CT molecular complexity index is 939. The van der Waals surface area contributed by atoms with Crippen LogP contribution < -0.4 is 5.56 Å². The van der Waals surface area contributed by atoms with E-state index in [1.165, 1.54) is 4.57 Å². The molecule has 0 radical (unpaired) electrons. The molecule has 0 saturated carbocycles. The molecule has 2 aromatic heterocycles. The molecule has 0 saturated heterocycles. The monoisotopic (exact) mass is 291 g/mol. The number of aromatic nitrogens is 2. The normalized spacial score (nSPS) is 10.5. The van der Waals surface area contributed by atoms with E-state index in [0.29, 0.717) is 22.5 Å². The number of pyridine rings is 2. The number of hydrogen-bond acceptors (Lipinski definition) is 4. The summed E-state index contributed by atoms with van der Waals surface area (Å²) in [7, 11) is 1.55. The van der Waals surface area contributed by atoms with Gasteiger partial charge in [0.2, 0.25) is 0 Å². The van der Waals surface area contributed by atoms with E-state index in [1.54, 1.807) is 43.6 Å². The van der Waals surface area contributed by atoms with Gasteiger partial charge in [0.1, 0.15) is 5.65 Å². The van der Waals surface area contributed by atoms with Gasteiger partial charge in [-0.1, -0.05) is 6.07 Å². The molecular formula is C17H13N3O2. The average Bonchev–Trinajstić information content (AvgIpc) is 2.56. The van der Waals surface area contributed by atoms with Crippen LogP contribution in [0.1, 0.15) is 11.1 Å². The summed E-state index contributed by atoms with van der Waals surface area (Å²) >= 11 is 0. The number of nitrogens with zero attached hydrogens (tertiary/aromatic N) is 3. The molecule has 0 fully saturated rings. The van der Waals surface area contributed by atoms with Crippen molar-refractivity contribution in [3.8, 4) is 11.8 Å². The molecule has 0 unspecified atom stereocenters. The van der Waals surface area contributed by atoms with E-state index in [9.17, 15) is 4.79 Å². The third-order valence-electron chi connectivity index (χ3n) is 3.37. The number of methoxy groups -OCH3 is 1. The maximum Gasteiger partial charge on any atom is 0.262 e. The minimum Gasteiger partial charge on any atom is -0.380 e. The van der Waals surface area contributed by atoms with Crippen molar-refractivity contribution in [3.63, 3.8) is 0 Å². The molecule has 108 valence electrons. The van der Waals surface area contributed by atoms with Gasteiger partial charge in [-0.3, -0.25) is 9.36 Å². The van der Waals surface area contributed by atoms with E-state index in [0.717, 1.165) is 5.39 Å². The summed E-state index contributed by atoms with van der Waals surface area (Å²) in [4.78, 5) is 17.0. The van der Waals surface area contributed by atoms with Gasteiger partial charge < -0.3 is 4.74 Å². The Kier molecular flexibility index (Phi) is 3.69. The van der Waals surface area contributed by atoms with Crippen LogP contribution in [0.4, 0.5) is 0 Å². The second kappa shape index (κ2) is 5.80. The number of nitriles is 1. The Morgan fingerprint density at radius 1 is 1.27 bits per heavy atom. The van der Waals surface area contributed by atoms with E-state index < -0.39 is 0 Å². The lowest BCUT2D eigenvalue weighted by Crippen LogP contribution is -2.23. The van der Waals surface area contributed by atoms with Crippen molar-refractivity contribution < 1.29 is 4.74 Å². The lowest BCUT2D eigenvalue weighted by molar-refractivity contribution is 0.183. The van der Waals surface area contributed by atoms with Crippen molar-refractivity contribution in [2.75, 3.05) is 7.11 Å². The fourth-order valence-electron chi connectivity index (χ4n) is 2.41. The van der Waals surface area contributed by atoms with Crippen LogP contribution in [0.15, 0.2) is 53.5 Å². The van der Waals surface area contributed by atoms with Crippen LogP contribution in [0.2, 0.25) is 0 Å². The average molecular weight is 291 g/mol. The molecule has 2 heterocycles. The molecule has 3 aromatic rings. The quantitative estimate of drug-likeness (QED) is 0.743. The highest BCUT2D eigenvalue weighted by Gasteiger charge is 2.12. The first-order valence-electron chi connectivity index (χ1n) is 6.73. The Morgan fingerprint density at radius 3 is 2.91 bits per heavy atom. The Labute approximate surface area is 127 Å². The Morgan fingerprint density at radius 2 is 2.14 bits per heavy atom. The highest BCUT2D eigenvalue weighted by Crippen LogP contribution is 2.17. The maximum atomic E-state index is 12.7. The first kappa shape index (κ1) is 14.0. The first-order valence-corrected chi connectivity index (χ1v) is 6.73. The summed E-state index contributed by atoms with van der Waals surface area (Å²) < 4.78 is 6.63. The summed E-state index contributed by atoms with van der Waals surface area (Å²) in [5.74, 6) is 0. The molecular weight excluding hydrogens is 278 g/mol. The number of ether oxygens (including phenoxy) is 1. The van der Waals surface area contributed by atoms with Gasteiger partial charge in [0.15, 0.2) is 0 Å². The molecule has 22 heavy (non-hydrogen) atoms. The fourth-order valence-corrected chi connectivity index (χ4v) is 2.41. The summed E-state index contributed by atoms with van der Waals surface area (Å²) in [6.07, 6.45) is 1.64. The molecule has 1 aromatic carbocycles. The number of benzene rings is 1. The Hall–Kier alpha value is -2.97. The molecule has 3 rings (SSSR count). The molecule has 5 nitrogen and oxygen atoms in total. The summed E-state index contributed by atoms with van der Waals surface area (Å²) in [6, 6.07) is 14.5. The predicted molar refractivity (Wildman–Crippen MR) is 82.8 cm³/mol. The van der Waals surface area contributed by atoms with E-state index in [1.807, 2.05) is 12.1 Å². The highest BCUT2D eigenvalue weighted by molar-refractivity contribution is 5.77. The van der Waals surface area contributed by atoms with Gasteiger partial charge in [-0.25, -0.2) is 4.98 Å². The van der Waals surface area contributed by atoms with Crippen LogP contribution in [-0.2, 0) is 11.3 Å². The third kappa shape index (κ3) is 2.36. The zero-order chi connectivity index (χ0) is 15.5. The van der Waals surface area contributed by atoms with Crippen LogP contribution >= 0.6 is 0 Å². The van der Waals surface area contributed by atoms with Gasteiger partial charge in [-0.05, 0) is 36.4 Å². The van der Waals surface area contributed by atoms with E-state index >= 15 is 0 Å². The zero-order valence-electron chi connectivity index (χ0n) is 12.0. The number of rotatable bonds is 3. The second-order valence-electron chi connectivity index (χ2n) is 4.82. The molecule has 0 aliphatic rings. The minimum atomic E-state index is -0.192. The molecule has 0 aliphatic heterocycles. The van der Waals surface area contributed by atoms with E-state index in [2.05, 4.69) is 11.1 Å². The lowest BCUT2D eigenvalue weighted by atomic mass is 10.1. The lowest BCUT2D eigenvalue weighted by Gasteiger charge is -2.12. The van der Waals surface area contributed by atoms with Crippen LogP contribution in [0.5, 0.6) is 0 Å². The summed E-state index contributed by atoms with van der Waals surface area (Å²) in [5.41, 5.74) is 2.02. The van der Waals surface area contributed by atoms with Gasteiger partial charge in [0.05, 0.1) is 23.9 Å². The standard InChI is InChI=1S/C17H13N3O2/c1-22-11-14-9-13-5-3-7-19-16(13)20(17(14)21)15-6-2-4-12(8-15)10-18/h2-9H,11H2,1H3. The van der Waals surface area contributed by atoms with Gasteiger partial charge in [0.25, 0.3) is 5.56 Å². The molecule has 0 bridgehead atoms. The zero-order valence-corrected chi connectivity index (χ0v) is 12.0. The van der Waals surface area contributed by atoms with Crippen LogP contribution in [0.25, 0.3) is 16.7 Å². The summed E-state index contributed by atoms with van der Waals surface area (Å²) in [6.45, 7) is 0.224. The fraction of sp³-hybridized carbons (Fsp3) is 0.118. The van der Waals surface area contributed by atoms with E-state index in [-0.39, 0.29) is 12.2 Å².